The third-order valence-electron chi connectivity index (χ3n) is 5.74. The Hall–Kier alpha value is -2.25. The molecule has 1 aromatic carbocycles. The number of nitrogens with zero attached hydrogens (tertiary/aromatic N) is 4. The molecular formula is C19H26N6O. The first-order valence-corrected chi connectivity index (χ1v) is 9.25. The maximum atomic E-state index is 12.9. The van der Waals surface area contributed by atoms with Crippen molar-refractivity contribution in [2.45, 2.75) is 19.5 Å². The highest BCUT2D eigenvalue weighted by atomic mass is 16.2. The van der Waals surface area contributed by atoms with Crippen LogP contribution in [0.25, 0.3) is 0 Å². The maximum Gasteiger partial charge on any atom is 0.229 e. The number of aryl methyl sites for hydroxylation is 2. The van der Waals surface area contributed by atoms with E-state index in [1.165, 1.54) is 5.56 Å². The van der Waals surface area contributed by atoms with E-state index in [9.17, 15) is 4.79 Å². The Kier molecular flexibility index (Phi) is 4.74. The van der Waals surface area contributed by atoms with E-state index in [1.54, 1.807) is 6.33 Å². The molecule has 2 aliphatic rings. The Morgan fingerprint density at radius 2 is 2.23 bits per heavy atom. The summed E-state index contributed by atoms with van der Waals surface area (Å²) in [5.74, 6) is 1.33. The van der Waals surface area contributed by atoms with Gasteiger partial charge in [0.1, 0.15) is 6.33 Å². The average Bonchev–Trinajstić information content (AvgIpc) is 3.33. The zero-order chi connectivity index (χ0) is 18.0. The summed E-state index contributed by atoms with van der Waals surface area (Å²) >= 11 is 0. The maximum absolute atomic E-state index is 12.9. The molecule has 0 spiro atoms. The number of likely N-dealkylation sites (tertiary alicyclic amines) is 1. The second-order valence-corrected chi connectivity index (χ2v) is 7.54. The predicted octanol–water partition coefficient (Wildman–Crippen LogP) is 0.288. The first-order chi connectivity index (χ1) is 12.7. The van der Waals surface area contributed by atoms with Gasteiger partial charge in [0.2, 0.25) is 5.91 Å². The molecule has 0 bridgehead atoms. The number of hydrogen-bond acceptors (Lipinski definition) is 5. The van der Waals surface area contributed by atoms with Gasteiger partial charge in [-0.25, -0.2) is 0 Å². The normalized spacial score (nSPS) is 25.3. The van der Waals surface area contributed by atoms with Gasteiger partial charge < -0.3 is 20.1 Å². The van der Waals surface area contributed by atoms with Gasteiger partial charge in [-0.2, -0.15) is 0 Å². The van der Waals surface area contributed by atoms with E-state index in [4.69, 9.17) is 0 Å². The molecule has 0 aliphatic carbocycles. The summed E-state index contributed by atoms with van der Waals surface area (Å²) in [6.45, 7) is 4.70. The fourth-order valence-electron chi connectivity index (χ4n) is 4.33. The van der Waals surface area contributed by atoms with E-state index >= 15 is 0 Å². The zero-order valence-electron chi connectivity index (χ0n) is 15.2. The summed E-state index contributed by atoms with van der Waals surface area (Å²) in [5, 5.41) is 14.7. The van der Waals surface area contributed by atoms with Gasteiger partial charge in [-0.05, 0) is 19.0 Å². The number of benzene rings is 1. The predicted molar refractivity (Wildman–Crippen MR) is 98.3 cm³/mol. The fourth-order valence-corrected chi connectivity index (χ4v) is 4.33. The van der Waals surface area contributed by atoms with Gasteiger partial charge >= 0.3 is 0 Å². The van der Waals surface area contributed by atoms with E-state index in [-0.39, 0.29) is 11.3 Å². The van der Waals surface area contributed by atoms with Crippen LogP contribution in [0.4, 0.5) is 0 Å². The van der Waals surface area contributed by atoms with Crippen molar-refractivity contribution < 1.29 is 4.79 Å². The van der Waals surface area contributed by atoms with Crippen LogP contribution in [0.3, 0.4) is 0 Å². The van der Waals surface area contributed by atoms with Gasteiger partial charge in [0.05, 0.1) is 12.0 Å². The van der Waals surface area contributed by atoms with E-state index in [2.05, 4.69) is 44.9 Å². The Morgan fingerprint density at radius 3 is 3.08 bits per heavy atom. The number of amides is 1. The molecule has 2 fully saturated rings. The van der Waals surface area contributed by atoms with Crippen molar-refractivity contribution in [1.29, 1.82) is 0 Å². The Bertz CT molecular complexity index is 760. The Balaban J connectivity index is 1.37. The van der Waals surface area contributed by atoms with Crippen LogP contribution in [0.5, 0.6) is 0 Å². The van der Waals surface area contributed by atoms with Gasteiger partial charge in [-0.1, -0.05) is 30.3 Å². The largest absolute Gasteiger partial charge is 0.348 e. The highest BCUT2D eigenvalue weighted by molar-refractivity contribution is 5.84. The van der Waals surface area contributed by atoms with Crippen LogP contribution in [-0.4, -0.2) is 58.8 Å². The van der Waals surface area contributed by atoms with Gasteiger partial charge in [-0.15, -0.1) is 10.2 Å². The minimum Gasteiger partial charge on any atom is -0.348 e. The van der Waals surface area contributed by atoms with Crippen molar-refractivity contribution in [1.82, 2.24) is 30.3 Å². The molecule has 4 rings (SSSR count). The summed E-state index contributed by atoms with van der Waals surface area (Å²) in [6.07, 6.45) is 2.66. The Labute approximate surface area is 153 Å². The van der Waals surface area contributed by atoms with Crippen LogP contribution in [-0.2, 0) is 24.3 Å². The van der Waals surface area contributed by atoms with E-state index in [0.717, 1.165) is 45.0 Å². The molecule has 2 aliphatic heterocycles. The molecule has 7 nitrogen and oxygen atoms in total. The Morgan fingerprint density at radius 1 is 1.38 bits per heavy atom. The summed E-state index contributed by atoms with van der Waals surface area (Å²) in [5.41, 5.74) is 0.979. The summed E-state index contributed by atoms with van der Waals surface area (Å²) in [7, 11) is 2.09. The molecule has 2 N–H and O–H groups in total. The summed E-state index contributed by atoms with van der Waals surface area (Å²) < 4.78 is 2.02. The lowest BCUT2D eigenvalue weighted by Gasteiger charge is -2.26. The molecule has 1 amide bonds. The highest BCUT2D eigenvalue weighted by Crippen LogP contribution is 2.38. The van der Waals surface area contributed by atoms with Crippen LogP contribution in [0.2, 0.25) is 0 Å². The van der Waals surface area contributed by atoms with Crippen molar-refractivity contribution in [3.63, 3.8) is 0 Å². The molecule has 138 valence electrons. The van der Waals surface area contributed by atoms with Crippen molar-refractivity contribution >= 4 is 5.91 Å². The van der Waals surface area contributed by atoms with E-state index in [0.29, 0.717) is 12.5 Å². The molecule has 2 saturated heterocycles. The van der Waals surface area contributed by atoms with Gasteiger partial charge in [-0.3, -0.25) is 4.79 Å². The van der Waals surface area contributed by atoms with Crippen LogP contribution in [0, 0.1) is 11.3 Å². The van der Waals surface area contributed by atoms with Gasteiger partial charge in [0.15, 0.2) is 5.82 Å². The number of hydrogen-bond donors (Lipinski definition) is 2. The van der Waals surface area contributed by atoms with Gasteiger partial charge in [0, 0.05) is 38.6 Å². The first-order valence-electron chi connectivity index (χ1n) is 9.25. The monoisotopic (exact) mass is 354 g/mol. The van der Waals surface area contributed by atoms with Gasteiger partial charge in [0.25, 0.3) is 0 Å². The number of aromatic nitrogens is 3. The second kappa shape index (κ2) is 7.17. The molecule has 2 aromatic rings. The third-order valence-corrected chi connectivity index (χ3v) is 5.74. The third kappa shape index (κ3) is 3.24. The number of nitrogens with one attached hydrogen (secondary N) is 2. The van der Waals surface area contributed by atoms with Crippen LogP contribution in [0.1, 0.15) is 11.4 Å². The highest BCUT2D eigenvalue weighted by Gasteiger charge is 2.53. The molecule has 0 unspecified atom stereocenters. The van der Waals surface area contributed by atoms with Crippen molar-refractivity contribution in [2.24, 2.45) is 11.3 Å². The SMILES string of the molecule is CN1C[C@H]2CNC[C@@]2(C(=O)NCc2nncn2CCc2ccccc2)C1. The molecule has 3 heterocycles. The minimum absolute atomic E-state index is 0.134. The van der Waals surface area contributed by atoms with Crippen molar-refractivity contribution in [3.8, 4) is 0 Å². The number of fused-ring (bicyclic) bond motifs is 1. The second-order valence-electron chi connectivity index (χ2n) is 7.54. The number of carbonyl (C=O) groups is 1. The topological polar surface area (TPSA) is 75.1 Å². The smallest absolute Gasteiger partial charge is 0.229 e. The lowest BCUT2D eigenvalue weighted by Crippen LogP contribution is -2.47. The van der Waals surface area contributed by atoms with E-state index < -0.39 is 0 Å². The fraction of sp³-hybridized carbons (Fsp3) is 0.526. The molecular weight excluding hydrogens is 328 g/mol. The molecule has 0 saturated carbocycles. The van der Waals surface area contributed by atoms with Crippen molar-refractivity contribution in [3.05, 3.63) is 48.0 Å². The first kappa shape index (κ1) is 17.2. The van der Waals surface area contributed by atoms with Crippen LogP contribution < -0.4 is 10.6 Å². The molecule has 1 aromatic heterocycles. The average molecular weight is 354 g/mol. The number of rotatable bonds is 6. The summed E-state index contributed by atoms with van der Waals surface area (Å²) in [6, 6.07) is 10.4. The molecule has 26 heavy (non-hydrogen) atoms. The van der Waals surface area contributed by atoms with Crippen LogP contribution >= 0.6 is 0 Å². The molecule has 7 heteroatoms. The van der Waals surface area contributed by atoms with Crippen LogP contribution in [0.15, 0.2) is 36.7 Å². The number of carbonyl (C=O) groups excluding carboxylic acids is 1. The molecule has 2 atom stereocenters. The zero-order valence-corrected chi connectivity index (χ0v) is 15.2. The lowest BCUT2D eigenvalue weighted by atomic mass is 9.80. The standard InChI is InChI=1S/C19H26N6O/c1-24-11-16-9-20-12-19(16,13-24)18(26)21-10-17-23-22-14-25(17)8-7-15-5-3-2-4-6-15/h2-6,14,16,20H,7-13H2,1H3,(H,21,26)/t16-,19-/m1/s1. The quantitative estimate of drug-likeness (QED) is 0.780. The van der Waals surface area contributed by atoms with Crippen molar-refractivity contribution in [2.75, 3.05) is 33.2 Å². The summed E-state index contributed by atoms with van der Waals surface area (Å²) in [4.78, 5) is 15.2. The lowest BCUT2D eigenvalue weighted by molar-refractivity contribution is -0.131. The van der Waals surface area contributed by atoms with E-state index in [1.807, 2.05) is 22.8 Å². The molecule has 0 radical (unpaired) electrons. The minimum atomic E-state index is -0.302.